The fourth-order valence-electron chi connectivity index (χ4n) is 3.41. The predicted octanol–water partition coefficient (Wildman–Crippen LogP) is 3.85. The Morgan fingerprint density at radius 2 is 2.00 bits per heavy atom. The molecule has 1 unspecified atom stereocenters. The summed E-state index contributed by atoms with van der Waals surface area (Å²) in [6.45, 7) is 8.16. The van der Waals surface area contributed by atoms with Gasteiger partial charge in [0.2, 0.25) is 5.91 Å². The fraction of sp³-hybridized carbons (Fsp3) is 0.381. The van der Waals surface area contributed by atoms with Gasteiger partial charge in [-0.2, -0.15) is 0 Å². The van der Waals surface area contributed by atoms with Crippen molar-refractivity contribution in [3.8, 4) is 5.75 Å². The lowest BCUT2D eigenvalue weighted by Gasteiger charge is -2.38. The minimum atomic E-state index is -0.333. The third kappa shape index (κ3) is 3.95. The molecule has 4 nitrogen and oxygen atoms in total. The van der Waals surface area contributed by atoms with Crippen LogP contribution in [0.1, 0.15) is 48.6 Å². The van der Waals surface area contributed by atoms with Crippen LogP contribution in [0.2, 0.25) is 0 Å². The number of hydrogen-bond donors (Lipinski definition) is 2. The maximum atomic E-state index is 12.7. The van der Waals surface area contributed by atoms with Crippen molar-refractivity contribution in [3.63, 3.8) is 0 Å². The molecule has 0 spiro atoms. The zero-order chi connectivity index (χ0) is 18.2. The first-order valence-electron chi connectivity index (χ1n) is 8.67. The Morgan fingerprint density at radius 3 is 2.76 bits per heavy atom. The molecule has 0 saturated carbocycles. The minimum Gasteiger partial charge on any atom is -0.487 e. The van der Waals surface area contributed by atoms with Gasteiger partial charge >= 0.3 is 0 Å². The van der Waals surface area contributed by atoms with Crippen molar-refractivity contribution in [2.45, 2.75) is 52.2 Å². The maximum absolute atomic E-state index is 12.7. The van der Waals surface area contributed by atoms with Gasteiger partial charge in [-0.05, 0) is 57.0 Å². The molecule has 0 fully saturated rings. The molecule has 132 valence electrons. The standard InChI is InChI=1S/C21H26N2O2/c1-13-5-6-14(2)15(9-13)10-20(24)23-18-12-21(3,4)25-19-8-7-16(22)11-17(18)19/h5-9,11,18H,10,12,22H2,1-4H3,(H,23,24). The van der Waals surface area contributed by atoms with Crippen LogP contribution in [-0.2, 0) is 11.2 Å². The fourth-order valence-corrected chi connectivity index (χ4v) is 3.41. The van der Waals surface area contributed by atoms with E-state index >= 15 is 0 Å². The molecule has 0 saturated heterocycles. The smallest absolute Gasteiger partial charge is 0.224 e. The Labute approximate surface area is 149 Å². The van der Waals surface area contributed by atoms with Gasteiger partial charge in [-0.25, -0.2) is 0 Å². The Balaban J connectivity index is 1.81. The molecule has 3 rings (SSSR count). The molecule has 0 aliphatic carbocycles. The van der Waals surface area contributed by atoms with E-state index in [0.717, 1.165) is 22.4 Å². The van der Waals surface area contributed by atoms with E-state index in [9.17, 15) is 4.79 Å². The van der Waals surface area contributed by atoms with Crippen LogP contribution in [0.25, 0.3) is 0 Å². The van der Waals surface area contributed by atoms with Crippen molar-refractivity contribution in [3.05, 3.63) is 58.7 Å². The van der Waals surface area contributed by atoms with Crippen LogP contribution in [0.15, 0.2) is 36.4 Å². The molecule has 1 aliphatic rings. The van der Waals surface area contributed by atoms with Crippen molar-refractivity contribution in [2.24, 2.45) is 0 Å². The van der Waals surface area contributed by atoms with Crippen LogP contribution in [0.4, 0.5) is 5.69 Å². The SMILES string of the molecule is Cc1ccc(C)c(CC(=O)NC2CC(C)(C)Oc3ccc(N)cc32)c1. The summed E-state index contributed by atoms with van der Waals surface area (Å²) in [5, 5.41) is 3.18. The zero-order valence-electron chi connectivity index (χ0n) is 15.3. The predicted molar refractivity (Wildman–Crippen MR) is 101 cm³/mol. The van der Waals surface area contributed by atoms with Crippen molar-refractivity contribution in [2.75, 3.05) is 5.73 Å². The first-order chi connectivity index (χ1) is 11.7. The summed E-state index contributed by atoms with van der Waals surface area (Å²) < 4.78 is 6.03. The third-order valence-electron chi connectivity index (χ3n) is 4.68. The van der Waals surface area contributed by atoms with Gasteiger partial charge in [0.1, 0.15) is 11.4 Å². The van der Waals surface area contributed by atoms with Gasteiger partial charge in [-0.3, -0.25) is 4.79 Å². The van der Waals surface area contributed by atoms with E-state index in [1.165, 1.54) is 5.56 Å². The number of fused-ring (bicyclic) bond motifs is 1. The van der Waals surface area contributed by atoms with Crippen LogP contribution < -0.4 is 15.8 Å². The summed E-state index contributed by atoms with van der Waals surface area (Å²) in [5.41, 5.74) is 10.6. The number of nitrogens with one attached hydrogen (secondary N) is 1. The van der Waals surface area contributed by atoms with Crippen molar-refractivity contribution < 1.29 is 9.53 Å². The molecule has 4 heteroatoms. The number of ether oxygens (including phenoxy) is 1. The number of rotatable bonds is 3. The molecule has 2 aromatic carbocycles. The second-order valence-electron chi connectivity index (χ2n) is 7.59. The molecule has 1 amide bonds. The van der Waals surface area contributed by atoms with Crippen molar-refractivity contribution in [1.82, 2.24) is 5.32 Å². The van der Waals surface area contributed by atoms with E-state index in [1.807, 2.05) is 45.9 Å². The monoisotopic (exact) mass is 338 g/mol. The lowest BCUT2D eigenvalue weighted by atomic mass is 9.89. The average Bonchev–Trinajstić information content (AvgIpc) is 2.51. The summed E-state index contributed by atoms with van der Waals surface area (Å²) in [6, 6.07) is 11.7. The molecular formula is C21H26N2O2. The highest BCUT2D eigenvalue weighted by Gasteiger charge is 2.34. The molecule has 0 radical (unpaired) electrons. The highest BCUT2D eigenvalue weighted by atomic mass is 16.5. The van der Waals surface area contributed by atoms with Gasteiger partial charge in [0.25, 0.3) is 0 Å². The second kappa shape index (κ2) is 6.43. The number of nitrogens with two attached hydrogens (primary N) is 1. The topological polar surface area (TPSA) is 64.3 Å². The molecule has 1 atom stereocenters. The van der Waals surface area contributed by atoms with Crippen LogP contribution in [-0.4, -0.2) is 11.5 Å². The van der Waals surface area contributed by atoms with Gasteiger partial charge in [0.15, 0.2) is 0 Å². The van der Waals surface area contributed by atoms with E-state index in [2.05, 4.69) is 23.5 Å². The molecule has 2 aromatic rings. The Kier molecular flexibility index (Phi) is 4.46. The van der Waals surface area contributed by atoms with Crippen LogP contribution in [0, 0.1) is 13.8 Å². The molecule has 25 heavy (non-hydrogen) atoms. The summed E-state index contributed by atoms with van der Waals surface area (Å²) in [4.78, 5) is 12.7. The molecule has 0 bridgehead atoms. The third-order valence-corrected chi connectivity index (χ3v) is 4.68. The van der Waals surface area contributed by atoms with E-state index < -0.39 is 0 Å². The molecule has 0 aromatic heterocycles. The normalized spacial score (nSPS) is 18.2. The average molecular weight is 338 g/mol. The highest BCUT2D eigenvalue weighted by molar-refractivity contribution is 5.79. The van der Waals surface area contributed by atoms with Gasteiger partial charge in [-0.15, -0.1) is 0 Å². The number of aryl methyl sites for hydroxylation is 2. The van der Waals surface area contributed by atoms with Crippen molar-refractivity contribution in [1.29, 1.82) is 0 Å². The number of benzene rings is 2. The highest BCUT2D eigenvalue weighted by Crippen LogP contribution is 2.40. The Hall–Kier alpha value is -2.49. The quantitative estimate of drug-likeness (QED) is 0.836. The van der Waals surface area contributed by atoms with Crippen molar-refractivity contribution >= 4 is 11.6 Å². The lowest BCUT2D eigenvalue weighted by molar-refractivity contribution is -0.121. The number of carbonyl (C=O) groups excluding carboxylic acids is 1. The summed E-state index contributed by atoms with van der Waals surface area (Å²) >= 11 is 0. The number of anilines is 1. The Bertz CT molecular complexity index is 812. The van der Waals surface area contributed by atoms with Crippen LogP contribution in [0.3, 0.4) is 0 Å². The number of amides is 1. The summed E-state index contributed by atoms with van der Waals surface area (Å²) in [6.07, 6.45) is 1.09. The zero-order valence-corrected chi connectivity index (χ0v) is 15.3. The molecule has 1 heterocycles. The van der Waals surface area contributed by atoms with Gasteiger partial charge < -0.3 is 15.8 Å². The largest absolute Gasteiger partial charge is 0.487 e. The number of hydrogen-bond acceptors (Lipinski definition) is 3. The molecule has 3 N–H and O–H groups in total. The first-order valence-corrected chi connectivity index (χ1v) is 8.67. The summed E-state index contributed by atoms with van der Waals surface area (Å²) in [7, 11) is 0. The van der Waals surface area contributed by atoms with Gasteiger partial charge in [0, 0.05) is 17.7 Å². The number of carbonyl (C=O) groups is 1. The van der Waals surface area contributed by atoms with E-state index in [1.54, 1.807) is 0 Å². The van der Waals surface area contributed by atoms with Gasteiger partial charge in [0.05, 0.1) is 12.5 Å². The molecular weight excluding hydrogens is 312 g/mol. The minimum absolute atomic E-state index is 0.0183. The summed E-state index contributed by atoms with van der Waals surface area (Å²) in [5.74, 6) is 0.812. The van der Waals surface area contributed by atoms with E-state index in [4.69, 9.17) is 10.5 Å². The first kappa shape index (κ1) is 17.3. The van der Waals surface area contributed by atoms with Gasteiger partial charge in [-0.1, -0.05) is 23.8 Å². The van der Waals surface area contributed by atoms with Crippen LogP contribution >= 0.6 is 0 Å². The maximum Gasteiger partial charge on any atom is 0.224 e. The van der Waals surface area contributed by atoms with E-state index in [0.29, 0.717) is 18.5 Å². The van der Waals surface area contributed by atoms with Crippen LogP contribution in [0.5, 0.6) is 5.75 Å². The lowest BCUT2D eigenvalue weighted by Crippen LogP contribution is -2.41. The molecule has 1 aliphatic heterocycles. The number of nitrogen functional groups attached to an aromatic ring is 1. The Morgan fingerprint density at radius 1 is 1.24 bits per heavy atom. The second-order valence-corrected chi connectivity index (χ2v) is 7.59. The van der Waals surface area contributed by atoms with E-state index in [-0.39, 0.29) is 17.6 Å².